The molecule has 0 bridgehead atoms. The first kappa shape index (κ1) is 101. The molecule has 4 heterocycles. The van der Waals surface area contributed by atoms with Gasteiger partial charge in [-0.3, -0.25) is 4.79 Å². The van der Waals surface area contributed by atoms with Crippen LogP contribution in [0.3, 0.4) is 0 Å². The Bertz CT molecular complexity index is 4910. The number of aliphatic hydroxyl groups excluding tert-OH is 4. The van der Waals surface area contributed by atoms with E-state index in [0.29, 0.717) is 32.9 Å². The van der Waals surface area contributed by atoms with Crippen molar-refractivity contribution in [1.29, 1.82) is 0 Å². The molecule has 8 radical (unpaired) electrons. The quantitative estimate of drug-likeness (QED) is 0.0305. The second kappa shape index (κ2) is 47.3. The van der Waals surface area contributed by atoms with Crippen LogP contribution in [0, 0.1) is 0 Å². The predicted octanol–water partition coefficient (Wildman–Crippen LogP) is 13.5. The van der Waals surface area contributed by atoms with E-state index in [9.17, 15) is 19.5 Å². The lowest BCUT2D eigenvalue weighted by atomic mass is 9.93. The molecule has 3 aliphatic carbocycles. The third kappa shape index (κ3) is 23.8. The predicted molar refractivity (Wildman–Crippen MR) is 517 cm³/mol. The molecule has 10 unspecified atom stereocenters. The number of benzene rings is 10. The molecule has 0 saturated carbocycles. The van der Waals surface area contributed by atoms with E-state index in [4.69, 9.17) is 88.7 Å². The van der Waals surface area contributed by atoms with Gasteiger partial charge < -0.3 is 77.6 Å². The van der Waals surface area contributed by atoms with Crippen molar-refractivity contribution in [1.82, 2.24) is 15.1 Å². The summed E-state index contributed by atoms with van der Waals surface area (Å²) >= 11 is 0. The summed E-state index contributed by atoms with van der Waals surface area (Å²) in [4.78, 5) is 40.1. The minimum Gasteiger partial charge on any atom is -0.465 e. The highest BCUT2D eigenvalue weighted by molar-refractivity contribution is 7.00. The third-order valence-electron chi connectivity index (χ3n) is 23.7. The van der Waals surface area contributed by atoms with Crippen molar-refractivity contribution in [2.24, 2.45) is 0 Å². The number of carbonyl (C=O) groups excluding carboxylic acids is 3. The first-order valence-corrected chi connectivity index (χ1v) is 48.1. The van der Waals surface area contributed by atoms with E-state index in [-0.39, 0.29) is 112 Å². The van der Waals surface area contributed by atoms with E-state index in [2.05, 4.69) is 229 Å². The third-order valence-corrected chi connectivity index (χ3v) is 33.7. The number of amides is 2. The molecule has 25 heteroatoms. The van der Waals surface area contributed by atoms with Gasteiger partial charge in [0.2, 0.25) is 0 Å². The zero-order valence-corrected chi connectivity index (χ0v) is 77.0. The Hall–Kier alpha value is -9.54. The van der Waals surface area contributed by atoms with Crippen LogP contribution >= 0.6 is 0 Å². The highest BCUT2D eigenvalue weighted by Gasteiger charge is 2.53. The SMILES string of the molecule is C.CC.CC.CC(=O)OCC1c2ccccc2-c2ccccc21.[B]C1CN(C(=O)OCC2c3ccccc3-c3ccccc32)CC(CO)O1.[B]C1CN(C(=O)OCC2c3ccccc3-c3ccccc32)CC(CO[Si](c2ccccc2)(c2ccccc2)C(C)(C)C)O1.[B]C1CNCC(CO[Si](c2ccccc2)(c2ccccc2)C(C)(C)C)O1.[B]C1OC(CO)C(O)C1O. The summed E-state index contributed by atoms with van der Waals surface area (Å²) in [5.74, 6) is -0.0341. The maximum atomic E-state index is 13.4. The average molecular weight is 1760 g/mol. The van der Waals surface area contributed by atoms with Gasteiger partial charge in [0.05, 0.1) is 63.9 Å². The molecule has 19 nitrogen and oxygen atoms in total. The number of rotatable bonds is 18. The van der Waals surface area contributed by atoms with Crippen LogP contribution in [0.5, 0.6) is 0 Å². The first-order chi connectivity index (χ1) is 61.3. The smallest absolute Gasteiger partial charge is 0.409 e. The van der Waals surface area contributed by atoms with Crippen LogP contribution in [0.4, 0.5) is 9.59 Å². The topological polar surface area (TPSA) is 234 Å². The van der Waals surface area contributed by atoms with Gasteiger partial charge in [-0.2, -0.15) is 0 Å². The molecule has 17 rings (SSSR count). The standard InChI is InChI=1S/C36H38BNO4Si.C21H28BNO2Si.C20H20BNO4.C16H14O2.C5H9BO4.2C2H6.CH4/c1-36(2,3)43(27-14-6-4-7-15-27,28-16-8-5-9-17-28)41-24-26-22-38(23-34(37)42-26)35(39)40-25-33-31-20-12-10-18-29(31)30-19-11-13-21-32(30)33;1-21(2,3)26(18-10-6-4-7-11-18,19-12-8-5-9-13-19)24-16-17-14-23-15-20(22)25-17;21-19-10-22(9-13(11-23)26-19)20(24)25-12-18-16-7-3-1-5-14(16)15-6-2-4-8-17(15)18;1-11(17)18-10-16-14-8-4-2-6-12(14)13-7-3-5-9-15(13)16;6-5-4(9)3(8)2(1-7)10-5;2*1-2;/h4-21,26,33-34H,22-25H2,1-3H3;4-13,17,20,23H,14-16H2,1-3H3;1-8,13,18-19,23H,9-12H2;2-9,16H,10H2,1H3;2-5,7-9H,1H2;2*1-2H3;1H4. The van der Waals surface area contributed by atoms with Gasteiger partial charge in [-0.25, -0.2) is 9.59 Å². The second-order valence-corrected chi connectivity index (χ2v) is 42.5. The molecular weight excluding hydrogens is 1630 g/mol. The molecule has 10 aromatic rings. The normalized spacial score (nSPS) is 20.7. The Kier molecular flexibility index (Phi) is 37.2. The lowest BCUT2D eigenvalue weighted by Gasteiger charge is -2.45. The fourth-order valence-electron chi connectivity index (χ4n) is 18.0. The van der Waals surface area contributed by atoms with Gasteiger partial charge in [0.1, 0.15) is 63.4 Å². The van der Waals surface area contributed by atoms with Crippen LogP contribution in [0.15, 0.2) is 267 Å². The molecule has 4 saturated heterocycles. The number of nitrogens with one attached hydrogen (secondary N) is 1. The van der Waals surface area contributed by atoms with E-state index in [0.717, 1.165) is 6.54 Å². The molecule has 668 valence electrons. The second-order valence-electron chi connectivity index (χ2n) is 33.9. The fraction of sp³-hybridized carbons (Fsp3) is 0.388. The molecule has 0 spiro atoms. The van der Waals surface area contributed by atoms with Crippen LogP contribution in [0.25, 0.3) is 33.4 Å². The van der Waals surface area contributed by atoms with Gasteiger partial charge in [0.15, 0.2) is 0 Å². The number of fused-ring (bicyclic) bond motifs is 9. The van der Waals surface area contributed by atoms with Crippen molar-refractivity contribution in [2.75, 3.05) is 85.5 Å². The summed E-state index contributed by atoms with van der Waals surface area (Å²) in [5.41, 5.74) is 14.5. The van der Waals surface area contributed by atoms with E-state index in [1.165, 1.54) is 99.3 Å². The largest absolute Gasteiger partial charge is 0.465 e. The van der Waals surface area contributed by atoms with Crippen LogP contribution < -0.4 is 26.1 Å². The lowest BCUT2D eigenvalue weighted by Crippen LogP contribution is -2.67. The fourth-order valence-corrected chi connectivity index (χ4v) is 27.1. The van der Waals surface area contributed by atoms with E-state index in [1.54, 1.807) is 4.90 Å². The van der Waals surface area contributed by atoms with Crippen molar-refractivity contribution >= 4 is 86.9 Å². The number of hydrogen-bond donors (Lipinski definition) is 5. The van der Waals surface area contributed by atoms with Gasteiger partial charge in [-0.1, -0.05) is 344 Å². The minimum atomic E-state index is -2.76. The summed E-state index contributed by atoms with van der Waals surface area (Å²) in [6, 6.07) is 89.7. The molecule has 2 amide bonds. The molecule has 0 aromatic heterocycles. The number of morpholine rings is 3. The number of carbonyl (C=O) groups is 3. The van der Waals surface area contributed by atoms with Crippen molar-refractivity contribution in [3.05, 3.63) is 300 Å². The van der Waals surface area contributed by atoms with Gasteiger partial charge in [0, 0.05) is 74.9 Å². The Labute approximate surface area is 765 Å². The number of hydrogen-bond acceptors (Lipinski definition) is 17. The van der Waals surface area contributed by atoms with Crippen molar-refractivity contribution in [3.8, 4) is 33.4 Å². The number of ether oxygens (including phenoxy) is 7. The van der Waals surface area contributed by atoms with Crippen LogP contribution in [0.2, 0.25) is 10.1 Å². The maximum absolute atomic E-state index is 13.4. The lowest BCUT2D eigenvalue weighted by molar-refractivity contribution is -0.141. The number of aliphatic hydroxyl groups is 4. The van der Waals surface area contributed by atoms with Crippen LogP contribution in [-0.2, 0) is 46.8 Å². The minimum absolute atomic E-state index is 0. The molecule has 128 heavy (non-hydrogen) atoms. The Morgan fingerprint density at radius 2 is 0.664 bits per heavy atom. The van der Waals surface area contributed by atoms with Gasteiger partial charge in [0.25, 0.3) is 16.6 Å². The highest BCUT2D eigenvalue weighted by atomic mass is 28.4. The average Bonchev–Trinajstić information content (AvgIpc) is 1.23. The summed E-state index contributed by atoms with van der Waals surface area (Å²) in [5, 5.41) is 43.8. The summed E-state index contributed by atoms with van der Waals surface area (Å²) < 4.78 is 52.9. The van der Waals surface area contributed by atoms with Gasteiger partial charge in [-0.05, 0) is 97.6 Å². The summed E-state index contributed by atoms with van der Waals surface area (Å²) in [6.07, 6.45) is -4.59. The zero-order chi connectivity index (χ0) is 91.0. The molecule has 10 atom stereocenters. The van der Waals surface area contributed by atoms with Crippen molar-refractivity contribution in [2.45, 2.75) is 172 Å². The molecule has 10 aromatic carbocycles. The van der Waals surface area contributed by atoms with Crippen LogP contribution in [-0.4, -0.2) is 243 Å². The molecule has 7 aliphatic rings. The van der Waals surface area contributed by atoms with Crippen molar-refractivity contribution in [3.63, 3.8) is 0 Å². The number of nitrogens with zero attached hydrogens (tertiary/aromatic N) is 2. The zero-order valence-electron chi connectivity index (χ0n) is 75.0. The Morgan fingerprint density at radius 1 is 0.375 bits per heavy atom. The summed E-state index contributed by atoms with van der Waals surface area (Å²) in [7, 11) is 18.0. The molecule has 5 N–H and O–H groups in total. The van der Waals surface area contributed by atoms with Gasteiger partial charge >= 0.3 is 18.2 Å². The first-order valence-electron chi connectivity index (χ1n) is 44.3. The van der Waals surface area contributed by atoms with E-state index in [1.807, 2.05) is 113 Å². The maximum Gasteiger partial charge on any atom is 0.409 e. The summed E-state index contributed by atoms with van der Waals surface area (Å²) in [6.45, 7) is 26.9. The van der Waals surface area contributed by atoms with Crippen LogP contribution in [0.1, 0.15) is 135 Å². The Balaban J connectivity index is 0.000000175. The molecule has 4 aliphatic heterocycles. The molecule has 4 fully saturated rings. The molecular formula is C103H125B4N3O16Si2. The van der Waals surface area contributed by atoms with Crippen molar-refractivity contribution < 1.29 is 76.8 Å². The van der Waals surface area contributed by atoms with E-state index < -0.39 is 65.2 Å². The highest BCUT2D eigenvalue weighted by Crippen LogP contribution is 2.48. The van der Waals surface area contributed by atoms with E-state index >= 15 is 0 Å². The monoisotopic (exact) mass is 1760 g/mol. The van der Waals surface area contributed by atoms with Gasteiger partial charge in [-0.15, -0.1) is 0 Å². The Morgan fingerprint density at radius 3 is 0.945 bits per heavy atom. The number of esters is 1.